The second kappa shape index (κ2) is 5.34. The van der Waals surface area contributed by atoms with E-state index in [1.54, 1.807) is 24.2 Å². The van der Waals surface area contributed by atoms with Gasteiger partial charge in [0.25, 0.3) is 0 Å². The highest BCUT2D eigenvalue weighted by molar-refractivity contribution is 5.42. The van der Waals surface area contributed by atoms with E-state index in [0.29, 0.717) is 6.54 Å². The summed E-state index contributed by atoms with van der Waals surface area (Å²) in [5, 5.41) is 7.44. The fourth-order valence-corrected chi connectivity index (χ4v) is 1.58. The number of hydrogen-bond donors (Lipinski definition) is 1. The molecule has 0 aliphatic carbocycles. The van der Waals surface area contributed by atoms with Crippen LogP contribution in [0.3, 0.4) is 0 Å². The molecule has 0 fully saturated rings. The van der Waals surface area contributed by atoms with Gasteiger partial charge in [0.1, 0.15) is 0 Å². The molecule has 5 nitrogen and oxygen atoms in total. The van der Waals surface area contributed by atoms with Crippen LogP contribution in [0.2, 0.25) is 0 Å². The minimum absolute atomic E-state index is 0.641. The van der Waals surface area contributed by atoms with E-state index in [1.807, 2.05) is 18.3 Å². The highest BCUT2D eigenvalue weighted by Crippen LogP contribution is 2.11. The van der Waals surface area contributed by atoms with Crippen molar-refractivity contribution in [3.8, 4) is 5.75 Å². The van der Waals surface area contributed by atoms with Crippen LogP contribution in [0.5, 0.6) is 5.75 Å². The lowest BCUT2D eigenvalue weighted by atomic mass is 10.3. The SMILES string of the molecule is CCNc1ccnc(Cn2cc(OC)cn2)c1. The Bertz CT molecular complexity index is 481. The van der Waals surface area contributed by atoms with Crippen molar-refractivity contribution < 1.29 is 4.74 Å². The molecular weight excluding hydrogens is 216 g/mol. The molecule has 0 unspecified atom stereocenters. The summed E-state index contributed by atoms with van der Waals surface area (Å²) < 4.78 is 6.88. The molecule has 0 aromatic carbocycles. The summed E-state index contributed by atoms with van der Waals surface area (Å²) in [6.07, 6.45) is 5.34. The molecule has 0 bridgehead atoms. The number of nitrogens with zero attached hydrogens (tertiary/aromatic N) is 3. The van der Waals surface area contributed by atoms with Crippen LogP contribution in [0.15, 0.2) is 30.7 Å². The van der Waals surface area contributed by atoms with Crippen LogP contribution in [-0.4, -0.2) is 28.4 Å². The molecule has 0 aliphatic heterocycles. The van der Waals surface area contributed by atoms with E-state index in [4.69, 9.17) is 4.74 Å². The number of ether oxygens (including phenoxy) is 1. The molecule has 5 heteroatoms. The fourth-order valence-electron chi connectivity index (χ4n) is 1.58. The van der Waals surface area contributed by atoms with Gasteiger partial charge in [-0.3, -0.25) is 9.67 Å². The van der Waals surface area contributed by atoms with Gasteiger partial charge in [-0.2, -0.15) is 5.10 Å². The van der Waals surface area contributed by atoms with E-state index in [0.717, 1.165) is 23.7 Å². The zero-order chi connectivity index (χ0) is 12.1. The largest absolute Gasteiger partial charge is 0.493 e. The third kappa shape index (κ3) is 2.96. The summed E-state index contributed by atoms with van der Waals surface area (Å²) in [7, 11) is 1.63. The number of pyridine rings is 1. The molecule has 2 rings (SSSR count). The first-order valence-electron chi connectivity index (χ1n) is 5.57. The first-order valence-corrected chi connectivity index (χ1v) is 5.57. The van der Waals surface area contributed by atoms with E-state index in [9.17, 15) is 0 Å². The van der Waals surface area contributed by atoms with Gasteiger partial charge in [-0.1, -0.05) is 0 Å². The lowest BCUT2D eigenvalue weighted by molar-refractivity contribution is 0.414. The molecule has 2 aromatic rings. The Morgan fingerprint density at radius 3 is 3.06 bits per heavy atom. The number of anilines is 1. The van der Waals surface area contributed by atoms with Crippen molar-refractivity contribution in [3.63, 3.8) is 0 Å². The Kier molecular flexibility index (Phi) is 3.59. The van der Waals surface area contributed by atoms with Gasteiger partial charge in [-0.15, -0.1) is 0 Å². The van der Waals surface area contributed by atoms with Crippen molar-refractivity contribution >= 4 is 5.69 Å². The predicted octanol–water partition coefficient (Wildman–Crippen LogP) is 1.77. The van der Waals surface area contributed by atoms with Crippen molar-refractivity contribution in [2.24, 2.45) is 0 Å². The Balaban J connectivity index is 2.09. The number of nitrogens with one attached hydrogen (secondary N) is 1. The summed E-state index contributed by atoms with van der Waals surface area (Å²) in [4.78, 5) is 4.31. The van der Waals surface area contributed by atoms with Crippen molar-refractivity contribution in [1.29, 1.82) is 0 Å². The van der Waals surface area contributed by atoms with Gasteiger partial charge in [0, 0.05) is 18.4 Å². The van der Waals surface area contributed by atoms with Crippen LogP contribution in [-0.2, 0) is 6.54 Å². The fraction of sp³-hybridized carbons (Fsp3) is 0.333. The Morgan fingerprint density at radius 1 is 1.47 bits per heavy atom. The third-order valence-electron chi connectivity index (χ3n) is 2.37. The summed E-state index contributed by atoms with van der Waals surface area (Å²) in [5.74, 6) is 0.757. The molecule has 0 radical (unpaired) electrons. The number of aromatic nitrogens is 3. The van der Waals surface area contributed by atoms with E-state index >= 15 is 0 Å². The topological polar surface area (TPSA) is 52.0 Å². The summed E-state index contributed by atoms with van der Waals surface area (Å²) in [6.45, 7) is 3.61. The second-order valence-corrected chi connectivity index (χ2v) is 3.64. The molecule has 2 aromatic heterocycles. The lowest BCUT2D eigenvalue weighted by Crippen LogP contribution is -2.03. The Labute approximate surface area is 100 Å². The molecule has 0 atom stereocenters. The standard InChI is InChI=1S/C12H16N4O/c1-3-13-10-4-5-14-11(6-10)8-16-9-12(17-2)7-15-16/h4-7,9H,3,8H2,1-2H3,(H,13,14). The first kappa shape index (κ1) is 11.4. The molecule has 0 saturated carbocycles. The average molecular weight is 232 g/mol. The smallest absolute Gasteiger partial charge is 0.156 e. The minimum atomic E-state index is 0.641. The zero-order valence-electron chi connectivity index (χ0n) is 10.1. The highest BCUT2D eigenvalue weighted by Gasteiger charge is 2.01. The van der Waals surface area contributed by atoms with Gasteiger partial charge in [0.2, 0.25) is 0 Å². The van der Waals surface area contributed by atoms with Crippen LogP contribution in [0.1, 0.15) is 12.6 Å². The van der Waals surface area contributed by atoms with E-state index < -0.39 is 0 Å². The monoisotopic (exact) mass is 232 g/mol. The zero-order valence-corrected chi connectivity index (χ0v) is 10.1. The third-order valence-corrected chi connectivity index (χ3v) is 2.37. The maximum atomic E-state index is 5.08. The van der Waals surface area contributed by atoms with Gasteiger partial charge in [-0.05, 0) is 19.1 Å². The normalized spacial score (nSPS) is 10.2. The summed E-state index contributed by atoms with van der Waals surface area (Å²) in [5.41, 5.74) is 2.05. The van der Waals surface area contributed by atoms with E-state index in [-0.39, 0.29) is 0 Å². The Hall–Kier alpha value is -2.04. The molecule has 90 valence electrons. The van der Waals surface area contributed by atoms with Crippen LogP contribution in [0.25, 0.3) is 0 Å². The minimum Gasteiger partial charge on any atom is -0.493 e. The molecule has 0 spiro atoms. The average Bonchev–Trinajstić information content (AvgIpc) is 2.78. The van der Waals surface area contributed by atoms with Crippen molar-refractivity contribution in [2.45, 2.75) is 13.5 Å². The van der Waals surface area contributed by atoms with E-state index in [1.165, 1.54) is 0 Å². The van der Waals surface area contributed by atoms with Crippen LogP contribution >= 0.6 is 0 Å². The van der Waals surface area contributed by atoms with Crippen LogP contribution in [0.4, 0.5) is 5.69 Å². The van der Waals surface area contributed by atoms with Crippen molar-refractivity contribution in [1.82, 2.24) is 14.8 Å². The van der Waals surface area contributed by atoms with Gasteiger partial charge in [0.15, 0.2) is 5.75 Å². The van der Waals surface area contributed by atoms with Crippen molar-refractivity contribution in [2.75, 3.05) is 19.0 Å². The quantitative estimate of drug-likeness (QED) is 0.853. The van der Waals surface area contributed by atoms with Gasteiger partial charge >= 0.3 is 0 Å². The summed E-state index contributed by atoms with van der Waals surface area (Å²) >= 11 is 0. The molecule has 0 aliphatic rings. The van der Waals surface area contributed by atoms with Crippen LogP contribution in [0, 0.1) is 0 Å². The summed E-state index contributed by atoms with van der Waals surface area (Å²) in [6, 6.07) is 3.98. The molecular formula is C12H16N4O. The number of methoxy groups -OCH3 is 1. The second-order valence-electron chi connectivity index (χ2n) is 3.64. The molecule has 0 amide bonds. The molecule has 2 heterocycles. The van der Waals surface area contributed by atoms with Gasteiger partial charge in [-0.25, -0.2) is 0 Å². The van der Waals surface area contributed by atoms with E-state index in [2.05, 4.69) is 22.3 Å². The van der Waals surface area contributed by atoms with Gasteiger partial charge in [0.05, 0.1) is 31.7 Å². The molecule has 17 heavy (non-hydrogen) atoms. The predicted molar refractivity (Wildman–Crippen MR) is 66.3 cm³/mol. The molecule has 1 N–H and O–H groups in total. The number of rotatable bonds is 5. The van der Waals surface area contributed by atoms with Crippen molar-refractivity contribution in [3.05, 3.63) is 36.4 Å². The maximum Gasteiger partial charge on any atom is 0.156 e. The first-order chi connectivity index (χ1) is 8.31. The molecule has 0 saturated heterocycles. The maximum absolute atomic E-state index is 5.08. The number of hydrogen-bond acceptors (Lipinski definition) is 4. The Morgan fingerprint density at radius 2 is 2.35 bits per heavy atom. The van der Waals surface area contributed by atoms with Crippen LogP contribution < -0.4 is 10.1 Å². The highest BCUT2D eigenvalue weighted by atomic mass is 16.5. The van der Waals surface area contributed by atoms with Gasteiger partial charge < -0.3 is 10.1 Å². The lowest BCUT2D eigenvalue weighted by Gasteiger charge is -2.05.